The van der Waals surface area contributed by atoms with Gasteiger partial charge in [0.2, 0.25) is 0 Å². The minimum atomic E-state index is -0.694. The molecule has 0 fully saturated rings. The molecule has 0 amide bonds. The van der Waals surface area contributed by atoms with Crippen molar-refractivity contribution in [3.63, 3.8) is 0 Å². The Kier molecular flexibility index (Phi) is 20.9. The van der Waals surface area contributed by atoms with E-state index in [9.17, 15) is 0 Å². The van der Waals surface area contributed by atoms with Crippen LogP contribution >= 0.6 is 0 Å². The zero-order valence-corrected chi connectivity index (χ0v) is 9.65. The zero-order valence-electron chi connectivity index (χ0n) is 3.12. The molecule has 1 nitrogen and oxygen atoms in total. The Balaban J connectivity index is 0. The normalized spacial score (nSPS) is 8.25. The second kappa shape index (κ2) is 8.90. The van der Waals surface area contributed by atoms with Crippen molar-refractivity contribution in [2.45, 2.75) is 0 Å². The third-order valence-corrected chi connectivity index (χ3v) is 0. The summed E-state index contributed by atoms with van der Waals surface area (Å²) >= 11 is 0. The quantitative estimate of drug-likeness (QED) is 0.289. The standard InChI is InChI=1S/K.H5OSi2/c;1-3-2/h;3H2,2H3/q+1;-1. The minimum Gasteiger partial charge on any atom is -0.865 e. The molecule has 0 aromatic carbocycles. The summed E-state index contributed by atoms with van der Waals surface area (Å²) in [5, 5.41) is 0. The first-order valence-corrected chi connectivity index (χ1v) is 7.23. The predicted octanol–water partition coefficient (Wildman–Crippen LogP) is -6.29. The Bertz CT molecular complexity index is 6.00. The molecule has 0 heterocycles. The van der Waals surface area contributed by atoms with Gasteiger partial charge in [0.25, 0.3) is 0 Å². The molecule has 4 heavy (non-hydrogen) atoms. The van der Waals surface area contributed by atoms with Gasteiger partial charge in [0, 0.05) is 0 Å². The van der Waals surface area contributed by atoms with Crippen molar-refractivity contribution < 1.29 is 56.2 Å². The summed E-state index contributed by atoms with van der Waals surface area (Å²) < 4.78 is 0. The third kappa shape index (κ3) is 8.98. The van der Waals surface area contributed by atoms with Gasteiger partial charge in [0.05, 0.1) is 0 Å². The van der Waals surface area contributed by atoms with E-state index in [0.29, 0.717) is 0 Å². The van der Waals surface area contributed by atoms with E-state index < -0.39 is 9.28 Å². The van der Waals surface area contributed by atoms with E-state index in [4.69, 9.17) is 4.80 Å². The van der Waals surface area contributed by atoms with Crippen LogP contribution in [0.5, 0.6) is 0 Å². The van der Waals surface area contributed by atoms with Crippen LogP contribution in [-0.4, -0.2) is 19.0 Å². The van der Waals surface area contributed by atoms with E-state index in [1.807, 2.05) is 0 Å². The largest absolute Gasteiger partial charge is 1.00 e. The Morgan fingerprint density at radius 3 is 1.75 bits per heavy atom. The zero-order chi connectivity index (χ0) is 2.71. The molecule has 0 bridgehead atoms. The molecule has 0 aliphatic rings. The van der Waals surface area contributed by atoms with E-state index in [1.165, 1.54) is 0 Å². The summed E-state index contributed by atoms with van der Waals surface area (Å²) in [6.07, 6.45) is 0. The maximum absolute atomic E-state index is 9.13. The molecule has 20 valence electrons. The van der Waals surface area contributed by atoms with Crippen LogP contribution in [0.4, 0.5) is 0 Å². The van der Waals surface area contributed by atoms with Crippen LogP contribution in [0.2, 0.25) is 0 Å². The predicted molar refractivity (Wildman–Crippen MR) is 18.5 cm³/mol. The molecule has 0 atom stereocenters. The van der Waals surface area contributed by atoms with Crippen molar-refractivity contribution in [2.75, 3.05) is 0 Å². The second-order valence-electron chi connectivity index (χ2n) is 0.289. The van der Waals surface area contributed by atoms with Gasteiger partial charge < -0.3 is 4.80 Å². The average molecular weight is 116 g/mol. The van der Waals surface area contributed by atoms with Crippen molar-refractivity contribution in [2.24, 2.45) is 0 Å². The fraction of sp³-hybridized carbons (Fsp3) is 0. The molecule has 0 radical (unpaired) electrons. The van der Waals surface area contributed by atoms with Crippen LogP contribution in [0.1, 0.15) is 0 Å². The fourth-order valence-electron chi connectivity index (χ4n) is 0. The molecule has 0 spiro atoms. The summed E-state index contributed by atoms with van der Waals surface area (Å²) in [6.45, 7) is 0. The van der Waals surface area contributed by atoms with E-state index in [1.54, 1.807) is 0 Å². The molecule has 0 aliphatic heterocycles. The summed E-state index contributed by atoms with van der Waals surface area (Å²) in [4.78, 5) is 9.13. The molecule has 0 saturated carbocycles. The monoisotopic (exact) mass is 116 g/mol. The Morgan fingerprint density at radius 1 is 1.75 bits per heavy atom. The van der Waals surface area contributed by atoms with Crippen LogP contribution in [-0.2, 0) is 0 Å². The first-order chi connectivity index (χ1) is 1.41. The van der Waals surface area contributed by atoms with Gasteiger partial charge in [-0.15, -0.1) is 0 Å². The molecule has 0 aromatic rings. The van der Waals surface area contributed by atoms with E-state index in [-0.39, 0.29) is 51.4 Å². The van der Waals surface area contributed by atoms with Gasteiger partial charge in [-0.25, -0.2) is 0 Å². The molecular formula is H5KOSi2. The van der Waals surface area contributed by atoms with Crippen LogP contribution in [0.3, 0.4) is 0 Å². The van der Waals surface area contributed by atoms with E-state index >= 15 is 0 Å². The third-order valence-electron chi connectivity index (χ3n) is 0. The summed E-state index contributed by atoms with van der Waals surface area (Å²) in [5.74, 6) is 0. The number of hydrogen-bond acceptors (Lipinski definition) is 1. The van der Waals surface area contributed by atoms with Crippen LogP contribution in [0, 0.1) is 0 Å². The smallest absolute Gasteiger partial charge is 0.865 e. The van der Waals surface area contributed by atoms with Crippen molar-refractivity contribution in [1.82, 2.24) is 0 Å². The van der Waals surface area contributed by atoms with Crippen molar-refractivity contribution in [1.29, 1.82) is 0 Å². The summed E-state index contributed by atoms with van der Waals surface area (Å²) in [7, 11) is 0.258. The van der Waals surface area contributed by atoms with Gasteiger partial charge >= 0.3 is 51.4 Å². The maximum atomic E-state index is 9.13. The van der Waals surface area contributed by atoms with E-state index in [2.05, 4.69) is 0 Å². The molecule has 0 saturated heterocycles. The Hall–Kier alpha value is 2.03. The summed E-state index contributed by atoms with van der Waals surface area (Å²) in [5.41, 5.74) is 0. The summed E-state index contributed by atoms with van der Waals surface area (Å²) in [6, 6.07) is 0. The van der Waals surface area contributed by atoms with Crippen LogP contribution in [0.25, 0.3) is 0 Å². The maximum Gasteiger partial charge on any atom is 1.00 e. The SMILES string of the molecule is [K+].[O-][SiH2][SiH3]. The minimum absolute atomic E-state index is 0. The Labute approximate surface area is 73.7 Å². The molecular weight excluding hydrogens is 111 g/mol. The van der Waals surface area contributed by atoms with Crippen molar-refractivity contribution >= 4 is 19.0 Å². The van der Waals surface area contributed by atoms with Gasteiger partial charge in [0.15, 0.2) is 0 Å². The van der Waals surface area contributed by atoms with Gasteiger partial charge in [-0.2, -0.15) is 0 Å². The molecule has 0 aromatic heterocycles. The van der Waals surface area contributed by atoms with Crippen molar-refractivity contribution in [3.05, 3.63) is 0 Å². The topological polar surface area (TPSA) is 23.1 Å². The first kappa shape index (κ1) is 9.39. The average Bonchev–Trinajstić information content (AvgIpc) is 0.918. The van der Waals surface area contributed by atoms with Gasteiger partial charge in [-0.05, 0) is 9.76 Å². The van der Waals surface area contributed by atoms with Crippen molar-refractivity contribution in [3.8, 4) is 0 Å². The van der Waals surface area contributed by atoms with Crippen LogP contribution in [0.15, 0.2) is 0 Å². The van der Waals surface area contributed by atoms with E-state index in [0.717, 1.165) is 9.76 Å². The fourth-order valence-corrected chi connectivity index (χ4v) is 0. The number of rotatable bonds is 0. The molecule has 0 N–H and O–H groups in total. The molecule has 4 heteroatoms. The Morgan fingerprint density at radius 2 is 1.75 bits per heavy atom. The first-order valence-electron chi connectivity index (χ1n) is 0.996. The second-order valence-corrected chi connectivity index (χ2v) is 2.60. The number of hydrogen-bond donors (Lipinski definition) is 0. The van der Waals surface area contributed by atoms with Gasteiger partial charge in [-0.3, -0.25) is 0 Å². The van der Waals surface area contributed by atoms with Gasteiger partial charge in [-0.1, -0.05) is 9.28 Å². The van der Waals surface area contributed by atoms with Gasteiger partial charge in [0.1, 0.15) is 0 Å². The van der Waals surface area contributed by atoms with Crippen LogP contribution < -0.4 is 56.2 Å². The molecule has 0 unspecified atom stereocenters. The molecule has 0 rings (SSSR count). The molecule has 0 aliphatic carbocycles.